The molecule has 184 valence electrons. The van der Waals surface area contributed by atoms with E-state index in [9.17, 15) is 4.79 Å². The maximum atomic E-state index is 10.9. The zero-order chi connectivity index (χ0) is 24.6. The molecule has 4 rings (SSSR count). The Labute approximate surface area is 208 Å². The van der Waals surface area contributed by atoms with Crippen LogP contribution in [0, 0.1) is 0 Å². The Hall–Kier alpha value is -3.27. The van der Waals surface area contributed by atoms with Crippen LogP contribution in [0.25, 0.3) is 0 Å². The normalized spacial score (nSPS) is 17.0. The van der Waals surface area contributed by atoms with Gasteiger partial charge in [-0.2, -0.15) is 0 Å². The maximum Gasteiger partial charge on any atom is 0.307 e. The fourth-order valence-corrected chi connectivity index (χ4v) is 5.49. The van der Waals surface area contributed by atoms with Gasteiger partial charge in [-0.1, -0.05) is 55.3 Å². The first-order valence-electron chi connectivity index (χ1n) is 12.7. The molecular weight excluding hydrogens is 436 g/mol. The Balaban J connectivity index is 1.39. The van der Waals surface area contributed by atoms with E-state index in [4.69, 9.17) is 14.6 Å². The zero-order valence-electron chi connectivity index (χ0n) is 20.8. The van der Waals surface area contributed by atoms with E-state index in [1.54, 1.807) is 14.2 Å². The molecule has 0 heterocycles. The van der Waals surface area contributed by atoms with Crippen molar-refractivity contribution >= 4 is 5.97 Å². The number of carboxylic acids is 1. The molecule has 0 radical (unpaired) electrons. The number of aliphatic carboxylic acids is 1. The monoisotopic (exact) mass is 472 g/mol. The van der Waals surface area contributed by atoms with E-state index in [1.165, 1.54) is 41.5 Å². The average Bonchev–Trinajstić information content (AvgIpc) is 2.88. The number of hydrogen-bond donors (Lipinski definition) is 1. The highest BCUT2D eigenvalue weighted by atomic mass is 16.5. The second-order valence-electron chi connectivity index (χ2n) is 9.58. The van der Waals surface area contributed by atoms with Gasteiger partial charge in [0, 0.05) is 0 Å². The van der Waals surface area contributed by atoms with Gasteiger partial charge in [0.25, 0.3) is 0 Å². The Kier molecular flexibility index (Phi) is 8.46. The number of aryl methyl sites for hydroxylation is 2. The molecule has 3 aromatic carbocycles. The third kappa shape index (κ3) is 6.45. The highest BCUT2D eigenvalue weighted by Crippen LogP contribution is 2.46. The average molecular weight is 473 g/mol. The van der Waals surface area contributed by atoms with Crippen LogP contribution in [0.5, 0.6) is 11.5 Å². The number of ether oxygens (including phenoxy) is 2. The molecule has 1 aliphatic carbocycles. The lowest BCUT2D eigenvalue weighted by Crippen LogP contribution is -2.19. The van der Waals surface area contributed by atoms with E-state index in [1.807, 2.05) is 12.1 Å². The van der Waals surface area contributed by atoms with Gasteiger partial charge >= 0.3 is 5.97 Å². The van der Waals surface area contributed by atoms with Crippen LogP contribution in [-0.2, 0) is 24.1 Å². The minimum Gasteiger partial charge on any atom is -0.497 e. The molecule has 0 bridgehead atoms. The van der Waals surface area contributed by atoms with Gasteiger partial charge in [-0.15, -0.1) is 0 Å². The first-order chi connectivity index (χ1) is 17.1. The summed E-state index contributed by atoms with van der Waals surface area (Å²) in [4.78, 5) is 10.9. The van der Waals surface area contributed by atoms with Gasteiger partial charge in [0.2, 0.25) is 0 Å². The molecule has 3 aromatic rings. The van der Waals surface area contributed by atoms with Gasteiger partial charge in [0.15, 0.2) is 0 Å². The van der Waals surface area contributed by atoms with E-state index in [2.05, 4.69) is 54.6 Å². The number of carboxylic acid groups (broad SMARTS) is 1. The molecular formula is C31H36O4. The summed E-state index contributed by atoms with van der Waals surface area (Å²) in [5, 5.41) is 8.93. The minimum atomic E-state index is -0.784. The standard InChI is InChI=1S/C31H36O4/c1-34-26-15-12-24(13-16-26)28-18-14-25-21-27(35-2)17-19-29(25)30(28)7-5-3-4-6-22-8-10-23(11-9-22)20-31(32)33/h8-13,15-17,19,21,28,30H,3-7,14,18,20H2,1-2H3,(H,32,33). The van der Waals surface area contributed by atoms with E-state index in [0.717, 1.165) is 42.7 Å². The quantitative estimate of drug-likeness (QED) is 0.307. The summed E-state index contributed by atoms with van der Waals surface area (Å²) in [6.07, 6.45) is 8.06. The molecule has 0 spiro atoms. The zero-order valence-corrected chi connectivity index (χ0v) is 20.8. The Bertz CT molecular complexity index is 1100. The summed E-state index contributed by atoms with van der Waals surface area (Å²) in [6, 6.07) is 23.3. The lowest BCUT2D eigenvalue weighted by Gasteiger charge is -2.34. The molecule has 0 aliphatic heterocycles. The number of unbranched alkanes of at least 4 members (excludes halogenated alkanes) is 2. The molecule has 1 aliphatic rings. The van der Waals surface area contributed by atoms with Crippen LogP contribution in [-0.4, -0.2) is 25.3 Å². The summed E-state index contributed by atoms with van der Waals surface area (Å²) in [6.45, 7) is 0. The van der Waals surface area contributed by atoms with Crippen molar-refractivity contribution in [3.63, 3.8) is 0 Å². The molecule has 2 atom stereocenters. The highest BCUT2D eigenvalue weighted by Gasteiger charge is 2.30. The fraction of sp³-hybridized carbons (Fsp3) is 0.387. The van der Waals surface area contributed by atoms with Crippen molar-refractivity contribution in [1.29, 1.82) is 0 Å². The summed E-state index contributed by atoms with van der Waals surface area (Å²) in [5.74, 6) is 2.09. The van der Waals surface area contributed by atoms with Crippen LogP contribution in [0.3, 0.4) is 0 Å². The highest BCUT2D eigenvalue weighted by molar-refractivity contribution is 5.70. The number of fused-ring (bicyclic) bond motifs is 1. The molecule has 2 unspecified atom stereocenters. The van der Waals surface area contributed by atoms with E-state index in [-0.39, 0.29) is 6.42 Å². The number of hydrogen-bond acceptors (Lipinski definition) is 3. The summed E-state index contributed by atoms with van der Waals surface area (Å²) < 4.78 is 10.9. The summed E-state index contributed by atoms with van der Waals surface area (Å²) >= 11 is 0. The maximum absolute atomic E-state index is 10.9. The molecule has 1 N–H and O–H groups in total. The molecule has 0 fully saturated rings. The van der Waals surface area contributed by atoms with Crippen LogP contribution in [0.2, 0.25) is 0 Å². The van der Waals surface area contributed by atoms with E-state index >= 15 is 0 Å². The van der Waals surface area contributed by atoms with E-state index in [0.29, 0.717) is 11.8 Å². The van der Waals surface area contributed by atoms with Crippen molar-refractivity contribution < 1.29 is 19.4 Å². The molecule has 0 aromatic heterocycles. The van der Waals surface area contributed by atoms with E-state index < -0.39 is 5.97 Å². The van der Waals surface area contributed by atoms with Crippen molar-refractivity contribution in [2.75, 3.05) is 14.2 Å². The van der Waals surface area contributed by atoms with Crippen LogP contribution in [0.15, 0.2) is 66.7 Å². The lowest BCUT2D eigenvalue weighted by atomic mass is 9.70. The Morgan fingerprint density at radius 2 is 1.54 bits per heavy atom. The Morgan fingerprint density at radius 1 is 0.857 bits per heavy atom. The van der Waals surface area contributed by atoms with Crippen molar-refractivity contribution in [2.24, 2.45) is 0 Å². The van der Waals surface area contributed by atoms with Gasteiger partial charge in [0.05, 0.1) is 20.6 Å². The third-order valence-electron chi connectivity index (χ3n) is 7.36. The van der Waals surface area contributed by atoms with Crippen molar-refractivity contribution in [2.45, 2.75) is 63.2 Å². The lowest BCUT2D eigenvalue weighted by molar-refractivity contribution is -0.136. The number of carbonyl (C=O) groups is 1. The number of rotatable bonds is 11. The third-order valence-corrected chi connectivity index (χ3v) is 7.36. The number of benzene rings is 3. The topological polar surface area (TPSA) is 55.8 Å². The predicted molar refractivity (Wildman–Crippen MR) is 140 cm³/mol. The van der Waals surface area contributed by atoms with Gasteiger partial charge in [-0.3, -0.25) is 4.79 Å². The Morgan fingerprint density at radius 3 is 2.23 bits per heavy atom. The molecule has 4 nitrogen and oxygen atoms in total. The molecule has 35 heavy (non-hydrogen) atoms. The predicted octanol–water partition coefficient (Wildman–Crippen LogP) is 6.95. The van der Waals surface area contributed by atoms with Gasteiger partial charge in [-0.25, -0.2) is 0 Å². The first kappa shape index (κ1) is 24.8. The van der Waals surface area contributed by atoms with Gasteiger partial charge < -0.3 is 14.6 Å². The van der Waals surface area contributed by atoms with Crippen molar-refractivity contribution in [3.8, 4) is 11.5 Å². The van der Waals surface area contributed by atoms with Crippen molar-refractivity contribution in [3.05, 3.63) is 94.5 Å². The van der Waals surface area contributed by atoms with Crippen LogP contribution in [0.1, 0.15) is 71.8 Å². The minimum absolute atomic E-state index is 0.0877. The fourth-order valence-electron chi connectivity index (χ4n) is 5.49. The SMILES string of the molecule is COc1ccc(C2CCc3cc(OC)ccc3C2CCCCCc2ccc(CC(=O)O)cc2)cc1. The molecule has 0 amide bonds. The largest absolute Gasteiger partial charge is 0.497 e. The smallest absolute Gasteiger partial charge is 0.307 e. The van der Waals surface area contributed by atoms with Crippen molar-refractivity contribution in [1.82, 2.24) is 0 Å². The van der Waals surface area contributed by atoms with Crippen LogP contribution >= 0.6 is 0 Å². The first-order valence-corrected chi connectivity index (χ1v) is 12.7. The van der Waals surface area contributed by atoms with Crippen LogP contribution in [0.4, 0.5) is 0 Å². The molecule has 0 saturated heterocycles. The van der Waals surface area contributed by atoms with Gasteiger partial charge in [0.1, 0.15) is 11.5 Å². The number of methoxy groups -OCH3 is 2. The van der Waals surface area contributed by atoms with Gasteiger partial charge in [-0.05, 0) is 96.0 Å². The van der Waals surface area contributed by atoms with Crippen LogP contribution < -0.4 is 9.47 Å². The molecule has 0 saturated carbocycles. The second kappa shape index (κ2) is 11.9. The molecule has 4 heteroatoms. The summed E-state index contributed by atoms with van der Waals surface area (Å²) in [5.41, 5.74) is 6.45. The second-order valence-corrected chi connectivity index (χ2v) is 9.58. The summed E-state index contributed by atoms with van der Waals surface area (Å²) in [7, 11) is 3.45.